The van der Waals surface area contributed by atoms with Crippen LogP contribution in [0, 0.1) is 0 Å². The molecule has 0 radical (unpaired) electrons. The summed E-state index contributed by atoms with van der Waals surface area (Å²) in [5.74, 6) is 0.651. The molecular weight excluding hydrogens is 414 g/mol. The van der Waals surface area contributed by atoms with Gasteiger partial charge in [-0.15, -0.1) is 0 Å². The van der Waals surface area contributed by atoms with E-state index in [4.69, 9.17) is 4.42 Å². The lowest BCUT2D eigenvalue weighted by Gasteiger charge is -2.11. The lowest BCUT2D eigenvalue weighted by atomic mass is 10.2. The topological polar surface area (TPSA) is 101 Å². The van der Waals surface area contributed by atoms with E-state index in [1.807, 2.05) is 30.3 Å². The highest BCUT2D eigenvalue weighted by molar-refractivity contribution is 7.90. The van der Waals surface area contributed by atoms with Crippen LogP contribution in [0.4, 0.5) is 5.69 Å². The van der Waals surface area contributed by atoms with Gasteiger partial charge in [0, 0.05) is 30.1 Å². The van der Waals surface area contributed by atoms with Crippen LogP contribution in [0.3, 0.4) is 0 Å². The van der Waals surface area contributed by atoms with Gasteiger partial charge >= 0.3 is 0 Å². The van der Waals surface area contributed by atoms with E-state index < -0.39 is 15.9 Å². The van der Waals surface area contributed by atoms with Crippen molar-refractivity contribution in [2.75, 3.05) is 11.9 Å². The van der Waals surface area contributed by atoms with Gasteiger partial charge in [-0.25, -0.2) is 8.42 Å². The predicted octanol–water partition coefficient (Wildman–Crippen LogP) is 4.34. The SMILES string of the molecule is O=C(/C=C/c1cc2ccccc2o1)Nc1cccc(S(=O)(=O)NC2=NCCCCC2)c1. The number of sulfonamides is 1. The fourth-order valence-corrected chi connectivity index (χ4v) is 4.47. The van der Waals surface area contributed by atoms with Crippen LogP contribution in [0.25, 0.3) is 17.0 Å². The number of carbonyl (C=O) groups is 1. The predicted molar refractivity (Wildman–Crippen MR) is 121 cm³/mol. The molecule has 2 N–H and O–H groups in total. The molecule has 2 heterocycles. The number of hydrogen-bond acceptors (Lipinski definition) is 5. The molecule has 8 heteroatoms. The van der Waals surface area contributed by atoms with Crippen LogP contribution in [0.1, 0.15) is 31.4 Å². The summed E-state index contributed by atoms with van der Waals surface area (Å²) in [7, 11) is -3.77. The zero-order valence-corrected chi connectivity index (χ0v) is 17.7. The average Bonchev–Trinajstić information content (AvgIpc) is 3.01. The normalized spacial score (nSPS) is 14.9. The van der Waals surface area contributed by atoms with Gasteiger partial charge in [-0.2, -0.15) is 0 Å². The zero-order chi connectivity index (χ0) is 21.7. The lowest BCUT2D eigenvalue weighted by molar-refractivity contribution is -0.111. The number of aliphatic imine (C=N–C) groups is 1. The second-order valence-corrected chi connectivity index (χ2v) is 8.96. The number of rotatable bonds is 5. The maximum absolute atomic E-state index is 12.7. The standard InChI is InChI=1S/C23H23N3O4S/c27-23(13-12-19-15-17-7-3-4-10-21(17)30-19)25-18-8-6-9-20(16-18)31(28,29)26-22-11-2-1-5-14-24-22/h3-4,6-10,12-13,15-16H,1-2,5,11,14H2,(H,24,26)(H,25,27)/b13-12+. The van der Waals surface area contributed by atoms with Crippen molar-refractivity contribution < 1.29 is 17.6 Å². The maximum Gasteiger partial charge on any atom is 0.262 e. The monoisotopic (exact) mass is 437 g/mol. The first kappa shape index (κ1) is 20.9. The second-order valence-electron chi connectivity index (χ2n) is 7.28. The van der Waals surface area contributed by atoms with Crippen LogP contribution >= 0.6 is 0 Å². The van der Waals surface area contributed by atoms with Gasteiger partial charge < -0.3 is 9.73 Å². The lowest BCUT2D eigenvalue weighted by Crippen LogP contribution is -2.30. The fraction of sp³-hybridized carbons (Fsp3) is 0.217. The Kier molecular flexibility index (Phi) is 6.18. The number of nitrogens with zero attached hydrogens (tertiary/aromatic N) is 1. The smallest absolute Gasteiger partial charge is 0.262 e. The molecule has 1 aliphatic heterocycles. The van der Waals surface area contributed by atoms with Gasteiger partial charge in [0.05, 0.1) is 4.90 Å². The van der Waals surface area contributed by atoms with E-state index in [1.165, 1.54) is 18.2 Å². The molecule has 0 atom stereocenters. The van der Waals surface area contributed by atoms with Gasteiger partial charge in [-0.3, -0.25) is 14.5 Å². The third kappa shape index (κ3) is 5.40. The highest BCUT2D eigenvalue weighted by Gasteiger charge is 2.17. The molecule has 4 rings (SSSR count). The Balaban J connectivity index is 1.43. The van der Waals surface area contributed by atoms with Crippen LogP contribution in [0.5, 0.6) is 0 Å². The maximum atomic E-state index is 12.7. The van der Waals surface area contributed by atoms with E-state index in [0.29, 0.717) is 30.2 Å². The van der Waals surface area contributed by atoms with Crippen molar-refractivity contribution in [1.82, 2.24) is 4.72 Å². The van der Waals surface area contributed by atoms with Gasteiger partial charge in [0.1, 0.15) is 17.2 Å². The van der Waals surface area contributed by atoms with Crippen LogP contribution in [0.15, 0.2) is 75.0 Å². The van der Waals surface area contributed by atoms with Crippen molar-refractivity contribution in [3.8, 4) is 0 Å². The van der Waals surface area contributed by atoms with E-state index in [-0.39, 0.29) is 4.90 Å². The minimum absolute atomic E-state index is 0.0681. The molecule has 0 bridgehead atoms. The molecular formula is C23H23N3O4S. The Bertz CT molecular complexity index is 1230. The highest BCUT2D eigenvalue weighted by atomic mass is 32.2. The third-order valence-corrected chi connectivity index (χ3v) is 6.26. The third-order valence-electron chi connectivity index (χ3n) is 4.88. The summed E-state index contributed by atoms with van der Waals surface area (Å²) in [4.78, 5) is 16.7. The first-order chi connectivity index (χ1) is 15.0. The minimum Gasteiger partial charge on any atom is -0.457 e. The number of carbonyl (C=O) groups excluding carboxylic acids is 1. The number of benzene rings is 2. The Labute approximate surface area is 180 Å². The molecule has 0 saturated heterocycles. The highest BCUT2D eigenvalue weighted by Crippen LogP contribution is 2.20. The summed E-state index contributed by atoms with van der Waals surface area (Å²) in [5, 5.41) is 3.63. The number of hydrogen-bond donors (Lipinski definition) is 2. The molecule has 0 saturated carbocycles. The van der Waals surface area contributed by atoms with E-state index >= 15 is 0 Å². The summed E-state index contributed by atoms with van der Waals surface area (Å²) in [6, 6.07) is 15.5. The Morgan fingerprint density at radius 2 is 1.90 bits per heavy atom. The number of para-hydroxylation sites is 1. The summed E-state index contributed by atoms with van der Waals surface area (Å²) >= 11 is 0. The van der Waals surface area contributed by atoms with Crippen molar-refractivity contribution in [3.05, 3.63) is 66.4 Å². The van der Waals surface area contributed by atoms with Gasteiger partial charge in [0.25, 0.3) is 10.0 Å². The first-order valence-electron chi connectivity index (χ1n) is 10.1. The van der Waals surface area contributed by atoms with E-state index in [2.05, 4.69) is 15.0 Å². The van der Waals surface area contributed by atoms with E-state index in [9.17, 15) is 13.2 Å². The van der Waals surface area contributed by atoms with Crippen molar-refractivity contribution in [2.45, 2.75) is 30.6 Å². The molecule has 1 amide bonds. The number of amides is 1. The summed E-state index contributed by atoms with van der Waals surface area (Å²) < 4.78 is 33.7. The molecule has 7 nitrogen and oxygen atoms in total. The van der Waals surface area contributed by atoms with E-state index in [1.54, 1.807) is 18.2 Å². The van der Waals surface area contributed by atoms with Gasteiger partial charge in [0.2, 0.25) is 5.91 Å². The van der Waals surface area contributed by atoms with Gasteiger partial charge in [-0.1, -0.05) is 30.7 Å². The largest absolute Gasteiger partial charge is 0.457 e. The second kappa shape index (κ2) is 9.18. The molecule has 0 aliphatic carbocycles. The van der Waals surface area contributed by atoms with Crippen LogP contribution in [0.2, 0.25) is 0 Å². The molecule has 2 aromatic carbocycles. The molecule has 1 aromatic heterocycles. The summed E-state index contributed by atoms with van der Waals surface area (Å²) in [6.07, 6.45) is 6.45. The average molecular weight is 438 g/mol. The minimum atomic E-state index is -3.77. The molecule has 0 unspecified atom stereocenters. The van der Waals surface area contributed by atoms with Gasteiger partial charge in [0.15, 0.2) is 0 Å². The van der Waals surface area contributed by atoms with Crippen molar-refractivity contribution in [3.63, 3.8) is 0 Å². The molecule has 3 aromatic rings. The van der Waals surface area contributed by atoms with Gasteiger partial charge in [-0.05, 0) is 49.2 Å². The quantitative estimate of drug-likeness (QED) is 0.580. The number of fused-ring (bicyclic) bond motifs is 1. The number of anilines is 1. The number of furan rings is 1. The fourth-order valence-electron chi connectivity index (χ4n) is 3.34. The molecule has 0 fully saturated rings. The van der Waals surface area contributed by atoms with Crippen molar-refractivity contribution >= 4 is 44.5 Å². The Hall–Kier alpha value is -3.39. The van der Waals surface area contributed by atoms with Crippen LogP contribution in [-0.2, 0) is 14.8 Å². The van der Waals surface area contributed by atoms with Crippen molar-refractivity contribution in [1.29, 1.82) is 0 Å². The van der Waals surface area contributed by atoms with E-state index in [0.717, 1.165) is 30.2 Å². The Morgan fingerprint density at radius 1 is 1.03 bits per heavy atom. The van der Waals surface area contributed by atoms with Crippen LogP contribution in [-0.4, -0.2) is 26.7 Å². The number of amidine groups is 1. The van der Waals surface area contributed by atoms with Crippen molar-refractivity contribution in [2.24, 2.45) is 4.99 Å². The molecule has 31 heavy (non-hydrogen) atoms. The first-order valence-corrected chi connectivity index (χ1v) is 11.6. The molecule has 1 aliphatic rings. The molecule has 160 valence electrons. The Morgan fingerprint density at radius 3 is 2.77 bits per heavy atom. The summed E-state index contributed by atoms with van der Waals surface area (Å²) in [6.45, 7) is 0.630. The summed E-state index contributed by atoms with van der Waals surface area (Å²) in [5.41, 5.74) is 1.12. The zero-order valence-electron chi connectivity index (χ0n) is 16.9. The molecule has 0 spiro atoms. The van der Waals surface area contributed by atoms with Crippen LogP contribution < -0.4 is 10.0 Å². The number of nitrogens with one attached hydrogen (secondary N) is 2.